The number of carbonyl (C=O) groups is 3. The molecule has 0 spiro atoms. The van der Waals surface area contributed by atoms with Gasteiger partial charge in [0, 0.05) is 32.0 Å². The van der Waals surface area contributed by atoms with E-state index >= 15 is 0 Å². The van der Waals surface area contributed by atoms with E-state index in [0.29, 0.717) is 29.2 Å². The average Bonchev–Trinajstić information content (AvgIpc) is 3.27. The van der Waals surface area contributed by atoms with Crippen LogP contribution < -0.4 is 15.5 Å². The van der Waals surface area contributed by atoms with Gasteiger partial charge in [0.05, 0.1) is 24.2 Å². The maximum atomic E-state index is 12.6. The van der Waals surface area contributed by atoms with Crippen molar-refractivity contribution in [3.8, 4) is 0 Å². The molecule has 1 saturated heterocycles. The van der Waals surface area contributed by atoms with Crippen molar-refractivity contribution < 1.29 is 14.4 Å². The highest BCUT2D eigenvalue weighted by Crippen LogP contribution is 2.27. The molecule has 2 N–H and O–H groups in total. The first-order valence-electron chi connectivity index (χ1n) is 9.70. The van der Waals surface area contributed by atoms with Crippen molar-refractivity contribution in [2.24, 2.45) is 0 Å². The van der Waals surface area contributed by atoms with Gasteiger partial charge in [0.25, 0.3) is 5.91 Å². The number of likely N-dealkylation sites (tertiary alicyclic amines) is 1. The van der Waals surface area contributed by atoms with Gasteiger partial charge in [-0.1, -0.05) is 12.1 Å². The average molecular weight is 393 g/mol. The number of nitrogens with one attached hydrogen (secondary N) is 2. The van der Waals surface area contributed by atoms with E-state index in [1.807, 2.05) is 17.0 Å². The topological polar surface area (TPSA) is 94.6 Å². The second-order valence-corrected chi connectivity index (χ2v) is 7.31. The quantitative estimate of drug-likeness (QED) is 0.827. The van der Waals surface area contributed by atoms with Crippen LogP contribution in [0, 0.1) is 0 Å². The van der Waals surface area contributed by atoms with Crippen LogP contribution in [0.15, 0.2) is 36.5 Å². The van der Waals surface area contributed by atoms with Crippen molar-refractivity contribution in [1.82, 2.24) is 9.88 Å². The summed E-state index contributed by atoms with van der Waals surface area (Å²) in [7, 11) is 1.66. The molecule has 0 unspecified atom stereocenters. The van der Waals surface area contributed by atoms with Crippen molar-refractivity contribution in [3.63, 3.8) is 0 Å². The molecule has 3 heterocycles. The van der Waals surface area contributed by atoms with Gasteiger partial charge < -0.3 is 20.4 Å². The molecule has 0 atom stereocenters. The molecule has 1 aromatic carbocycles. The Kier molecular flexibility index (Phi) is 5.16. The molecular weight excluding hydrogens is 370 g/mol. The maximum absolute atomic E-state index is 12.6. The zero-order chi connectivity index (χ0) is 20.4. The molecule has 2 aromatic rings. The Morgan fingerprint density at radius 2 is 1.90 bits per heavy atom. The summed E-state index contributed by atoms with van der Waals surface area (Å²) in [6.45, 7) is 1.88. The molecule has 29 heavy (non-hydrogen) atoms. The van der Waals surface area contributed by atoms with Crippen LogP contribution in [0.3, 0.4) is 0 Å². The van der Waals surface area contributed by atoms with Crippen LogP contribution in [0.4, 0.5) is 17.2 Å². The summed E-state index contributed by atoms with van der Waals surface area (Å²) < 4.78 is 0. The summed E-state index contributed by atoms with van der Waals surface area (Å²) in [6, 6.07) is 8.92. The second-order valence-electron chi connectivity index (χ2n) is 7.31. The van der Waals surface area contributed by atoms with Gasteiger partial charge in [-0.2, -0.15) is 0 Å². The Morgan fingerprint density at radius 1 is 1.17 bits per heavy atom. The number of pyridine rings is 1. The first-order valence-corrected chi connectivity index (χ1v) is 9.70. The highest BCUT2D eigenvalue weighted by molar-refractivity contribution is 6.07. The highest BCUT2D eigenvalue weighted by Gasteiger charge is 2.23. The zero-order valence-electron chi connectivity index (χ0n) is 16.3. The number of nitrogens with zero attached hydrogens (tertiary/aromatic N) is 3. The summed E-state index contributed by atoms with van der Waals surface area (Å²) in [4.78, 5) is 44.3. The van der Waals surface area contributed by atoms with Crippen molar-refractivity contribution >= 4 is 34.9 Å². The fraction of sp³-hybridized carbons (Fsp3) is 0.333. The summed E-state index contributed by atoms with van der Waals surface area (Å²) in [6.07, 6.45) is 4.01. The summed E-state index contributed by atoms with van der Waals surface area (Å²) in [5, 5.41) is 5.76. The van der Waals surface area contributed by atoms with E-state index in [-0.39, 0.29) is 24.3 Å². The fourth-order valence-corrected chi connectivity index (χ4v) is 3.54. The van der Waals surface area contributed by atoms with Crippen molar-refractivity contribution in [2.45, 2.75) is 19.3 Å². The van der Waals surface area contributed by atoms with Gasteiger partial charge in [0.2, 0.25) is 11.8 Å². The molecule has 8 nitrogen and oxygen atoms in total. The van der Waals surface area contributed by atoms with Gasteiger partial charge in [-0.25, -0.2) is 4.98 Å². The number of likely N-dealkylation sites (N-methyl/N-ethyl adjacent to an activating group) is 1. The number of carbonyl (C=O) groups excluding carboxylic acids is 3. The van der Waals surface area contributed by atoms with Gasteiger partial charge in [-0.05, 0) is 36.6 Å². The monoisotopic (exact) mass is 393 g/mol. The number of fused-ring (bicyclic) bond motifs is 1. The van der Waals surface area contributed by atoms with Crippen LogP contribution in [-0.4, -0.2) is 54.3 Å². The molecular formula is C21H23N5O3. The highest BCUT2D eigenvalue weighted by atomic mass is 16.2. The standard InChI is InChI=1S/C21H23N5O3/c1-25-17-11-15(12-22-20(17)23-13-19(25)28)21(29)24-16-6-4-14(5-7-16)10-18(27)26-8-2-3-9-26/h4-7,11-12H,2-3,8-10,13H2,1H3,(H,22,23)(H,24,29). The van der Waals surface area contributed by atoms with Crippen molar-refractivity contribution in [3.05, 3.63) is 47.7 Å². The predicted molar refractivity (Wildman–Crippen MR) is 110 cm³/mol. The van der Waals surface area contributed by atoms with Crippen molar-refractivity contribution in [2.75, 3.05) is 42.2 Å². The van der Waals surface area contributed by atoms with E-state index in [0.717, 1.165) is 31.5 Å². The molecule has 0 aliphatic carbocycles. The molecule has 0 radical (unpaired) electrons. The first-order chi connectivity index (χ1) is 14.0. The summed E-state index contributed by atoms with van der Waals surface area (Å²) in [5.74, 6) is 0.325. The lowest BCUT2D eigenvalue weighted by Gasteiger charge is -2.26. The molecule has 3 amide bonds. The molecule has 0 bridgehead atoms. The summed E-state index contributed by atoms with van der Waals surface area (Å²) >= 11 is 0. The molecule has 2 aliphatic rings. The van der Waals surface area contributed by atoms with Crippen LogP contribution in [-0.2, 0) is 16.0 Å². The van der Waals surface area contributed by atoms with E-state index in [4.69, 9.17) is 0 Å². The molecule has 2 aliphatic heterocycles. The molecule has 1 aromatic heterocycles. The smallest absolute Gasteiger partial charge is 0.257 e. The number of amides is 3. The molecule has 8 heteroatoms. The minimum atomic E-state index is -0.312. The molecule has 4 rings (SSSR count). The van der Waals surface area contributed by atoms with E-state index in [2.05, 4.69) is 15.6 Å². The lowest BCUT2D eigenvalue weighted by Crippen LogP contribution is -2.37. The van der Waals surface area contributed by atoms with E-state index < -0.39 is 0 Å². The lowest BCUT2D eigenvalue weighted by atomic mass is 10.1. The number of hydrogen-bond acceptors (Lipinski definition) is 5. The molecule has 150 valence electrons. The third kappa shape index (κ3) is 4.06. The Balaban J connectivity index is 1.41. The van der Waals surface area contributed by atoms with Gasteiger partial charge in [-0.3, -0.25) is 14.4 Å². The van der Waals surface area contributed by atoms with E-state index in [1.165, 1.54) is 11.1 Å². The number of rotatable bonds is 4. The summed E-state index contributed by atoms with van der Waals surface area (Å²) in [5.41, 5.74) is 2.49. The first kappa shape index (κ1) is 18.9. The zero-order valence-corrected chi connectivity index (χ0v) is 16.3. The Labute approximate surface area is 168 Å². The normalized spacial score (nSPS) is 15.7. The Bertz CT molecular complexity index is 951. The predicted octanol–water partition coefficient (Wildman–Crippen LogP) is 1.89. The molecule has 0 saturated carbocycles. The van der Waals surface area contributed by atoms with Crippen molar-refractivity contribution in [1.29, 1.82) is 0 Å². The maximum Gasteiger partial charge on any atom is 0.257 e. The second kappa shape index (κ2) is 7.90. The molecule has 1 fully saturated rings. The third-order valence-corrected chi connectivity index (χ3v) is 5.30. The van der Waals surface area contributed by atoms with Gasteiger partial charge in [0.15, 0.2) is 0 Å². The Hall–Kier alpha value is -3.42. The van der Waals surface area contributed by atoms with Crippen LogP contribution in [0.1, 0.15) is 28.8 Å². The van der Waals surface area contributed by atoms with Crippen LogP contribution >= 0.6 is 0 Å². The lowest BCUT2D eigenvalue weighted by molar-refractivity contribution is -0.129. The van der Waals surface area contributed by atoms with Crippen LogP contribution in [0.5, 0.6) is 0 Å². The number of benzene rings is 1. The minimum absolute atomic E-state index is 0.0871. The minimum Gasteiger partial charge on any atom is -0.359 e. The van der Waals surface area contributed by atoms with Gasteiger partial charge >= 0.3 is 0 Å². The third-order valence-electron chi connectivity index (χ3n) is 5.30. The van der Waals surface area contributed by atoms with Crippen LogP contribution in [0.25, 0.3) is 0 Å². The SMILES string of the molecule is CN1C(=O)CNc2ncc(C(=O)Nc3ccc(CC(=O)N4CCCC4)cc3)cc21. The van der Waals surface area contributed by atoms with Crippen LogP contribution in [0.2, 0.25) is 0 Å². The number of aromatic nitrogens is 1. The number of hydrogen-bond donors (Lipinski definition) is 2. The largest absolute Gasteiger partial charge is 0.359 e. The van der Waals surface area contributed by atoms with E-state index in [9.17, 15) is 14.4 Å². The number of anilines is 3. The van der Waals surface area contributed by atoms with Gasteiger partial charge in [-0.15, -0.1) is 0 Å². The Morgan fingerprint density at radius 3 is 2.62 bits per heavy atom. The van der Waals surface area contributed by atoms with E-state index in [1.54, 1.807) is 25.2 Å². The van der Waals surface area contributed by atoms with Gasteiger partial charge in [0.1, 0.15) is 5.82 Å². The fourth-order valence-electron chi connectivity index (χ4n) is 3.54.